The van der Waals surface area contributed by atoms with Crippen LogP contribution in [-0.4, -0.2) is 71.1 Å². The minimum Gasteiger partial charge on any atom is -0.493 e. The Morgan fingerprint density at radius 3 is 2.81 bits per heavy atom. The van der Waals surface area contributed by atoms with Gasteiger partial charge in [0.15, 0.2) is 0 Å². The standard InChI is InChI=1S/C27H30FN5O4/c1-15-22(26(35)32-20-10-33(21(34)12-36-2)13-27(20)7-8-27)24-25(31-15)23(29-14-30-24)18-9-17(28)5-6-19(18)37-11-16-3-4-16/h5-6,9,14,16,20,31H,3-4,7-8,10-13H2,1-2H3,(H,32,35). The number of carbonyl (C=O) groups excluding carboxylic acids is 2. The lowest BCUT2D eigenvalue weighted by Gasteiger charge is -2.18. The van der Waals surface area contributed by atoms with Crippen molar-refractivity contribution in [2.24, 2.45) is 11.3 Å². The Morgan fingerprint density at radius 1 is 1.27 bits per heavy atom. The van der Waals surface area contributed by atoms with E-state index in [0.29, 0.717) is 64.9 Å². The Balaban J connectivity index is 1.30. The fraction of sp³-hybridized carbons (Fsp3) is 0.481. The van der Waals surface area contributed by atoms with Crippen LogP contribution in [0.3, 0.4) is 0 Å². The van der Waals surface area contributed by atoms with E-state index in [4.69, 9.17) is 9.47 Å². The molecule has 2 amide bonds. The molecule has 1 aliphatic heterocycles. The number of ether oxygens (including phenoxy) is 2. The molecule has 37 heavy (non-hydrogen) atoms. The minimum atomic E-state index is -0.398. The van der Waals surface area contributed by atoms with Crippen LogP contribution in [0.2, 0.25) is 0 Å². The Hall–Kier alpha value is -3.53. The summed E-state index contributed by atoms with van der Waals surface area (Å²) >= 11 is 0. The quantitative estimate of drug-likeness (QED) is 0.485. The Labute approximate surface area is 213 Å². The van der Waals surface area contributed by atoms with Gasteiger partial charge in [0.2, 0.25) is 5.91 Å². The van der Waals surface area contributed by atoms with Crippen molar-refractivity contribution in [3.05, 3.63) is 41.6 Å². The molecule has 2 N–H and O–H groups in total. The third kappa shape index (κ3) is 4.43. The van der Waals surface area contributed by atoms with E-state index in [1.807, 2.05) is 6.92 Å². The summed E-state index contributed by atoms with van der Waals surface area (Å²) in [5, 5.41) is 3.17. The van der Waals surface area contributed by atoms with Crippen molar-refractivity contribution in [3.8, 4) is 17.0 Å². The molecule has 1 atom stereocenters. The van der Waals surface area contributed by atoms with E-state index in [0.717, 1.165) is 25.7 Å². The summed E-state index contributed by atoms with van der Waals surface area (Å²) in [7, 11) is 1.50. The predicted octanol–water partition coefficient (Wildman–Crippen LogP) is 3.23. The molecule has 3 heterocycles. The number of nitrogens with one attached hydrogen (secondary N) is 2. The topological polar surface area (TPSA) is 109 Å². The molecule has 6 rings (SSSR count). The lowest BCUT2D eigenvalue weighted by molar-refractivity contribution is -0.134. The number of aromatic nitrogens is 3. The molecule has 10 heteroatoms. The van der Waals surface area contributed by atoms with Gasteiger partial charge in [-0.25, -0.2) is 14.4 Å². The van der Waals surface area contributed by atoms with Crippen LogP contribution >= 0.6 is 0 Å². The maximum atomic E-state index is 14.3. The molecule has 2 aliphatic carbocycles. The van der Waals surface area contributed by atoms with Crippen LogP contribution in [0, 0.1) is 24.1 Å². The van der Waals surface area contributed by atoms with Gasteiger partial charge in [-0.05, 0) is 56.7 Å². The number of aryl methyl sites for hydroxylation is 1. The average molecular weight is 508 g/mol. The largest absolute Gasteiger partial charge is 0.493 e. The SMILES string of the molecule is COCC(=O)N1CC(NC(=O)c2c(C)[nH]c3c(-c4cc(F)ccc4OCC4CC4)ncnc23)C2(CC2)C1. The number of methoxy groups -OCH3 is 1. The number of amides is 2. The van der Waals surface area contributed by atoms with Crippen LogP contribution in [-0.2, 0) is 9.53 Å². The zero-order chi connectivity index (χ0) is 25.7. The molecule has 2 aromatic heterocycles. The van der Waals surface area contributed by atoms with Crippen LogP contribution in [0.5, 0.6) is 5.75 Å². The van der Waals surface area contributed by atoms with Gasteiger partial charge in [0.05, 0.1) is 23.7 Å². The first kappa shape index (κ1) is 23.8. The molecule has 1 saturated heterocycles. The van der Waals surface area contributed by atoms with Gasteiger partial charge in [-0.1, -0.05) is 0 Å². The highest BCUT2D eigenvalue weighted by atomic mass is 19.1. The maximum Gasteiger partial charge on any atom is 0.255 e. The smallest absolute Gasteiger partial charge is 0.255 e. The third-order valence-corrected chi connectivity index (χ3v) is 7.83. The van der Waals surface area contributed by atoms with Crippen LogP contribution in [0.15, 0.2) is 24.5 Å². The van der Waals surface area contributed by atoms with Crippen molar-refractivity contribution in [3.63, 3.8) is 0 Å². The van der Waals surface area contributed by atoms with Gasteiger partial charge in [0.25, 0.3) is 5.91 Å². The van der Waals surface area contributed by atoms with E-state index < -0.39 is 5.82 Å². The number of aromatic amines is 1. The number of H-pyrrole nitrogens is 1. The Kier molecular flexibility index (Phi) is 5.86. The van der Waals surface area contributed by atoms with Gasteiger partial charge < -0.3 is 24.7 Å². The number of nitrogens with zero attached hydrogens (tertiary/aromatic N) is 3. The molecule has 9 nitrogen and oxygen atoms in total. The Morgan fingerprint density at radius 2 is 2.08 bits per heavy atom. The number of benzene rings is 1. The van der Waals surface area contributed by atoms with Crippen LogP contribution in [0.1, 0.15) is 41.7 Å². The number of likely N-dealkylation sites (tertiary alicyclic amines) is 1. The zero-order valence-electron chi connectivity index (χ0n) is 21.0. The van der Waals surface area contributed by atoms with Crippen LogP contribution < -0.4 is 10.1 Å². The first-order valence-electron chi connectivity index (χ1n) is 12.7. The molecular weight excluding hydrogens is 477 g/mol. The van der Waals surface area contributed by atoms with Crippen molar-refractivity contribution in [2.75, 3.05) is 33.4 Å². The highest BCUT2D eigenvalue weighted by molar-refractivity contribution is 6.09. The van der Waals surface area contributed by atoms with Gasteiger partial charge >= 0.3 is 0 Å². The number of fused-ring (bicyclic) bond motifs is 1. The molecule has 194 valence electrons. The van der Waals surface area contributed by atoms with Crippen molar-refractivity contribution >= 4 is 22.8 Å². The summed E-state index contributed by atoms with van der Waals surface area (Å²) in [5.74, 6) is 0.368. The number of halogens is 1. The van der Waals surface area contributed by atoms with Gasteiger partial charge in [-0.2, -0.15) is 0 Å². The molecule has 1 aromatic carbocycles. The van der Waals surface area contributed by atoms with Gasteiger partial charge in [-0.3, -0.25) is 9.59 Å². The van der Waals surface area contributed by atoms with Crippen molar-refractivity contribution < 1.29 is 23.5 Å². The molecule has 0 radical (unpaired) electrons. The summed E-state index contributed by atoms with van der Waals surface area (Å²) in [6.45, 7) is 3.51. The fourth-order valence-electron chi connectivity index (χ4n) is 5.38. The lowest BCUT2D eigenvalue weighted by atomic mass is 10.0. The van der Waals surface area contributed by atoms with Gasteiger partial charge in [-0.15, -0.1) is 0 Å². The van der Waals surface area contributed by atoms with E-state index in [2.05, 4.69) is 20.3 Å². The van der Waals surface area contributed by atoms with E-state index in [9.17, 15) is 14.0 Å². The maximum absolute atomic E-state index is 14.3. The van der Waals surface area contributed by atoms with E-state index in [-0.39, 0.29) is 29.9 Å². The summed E-state index contributed by atoms with van der Waals surface area (Å²) < 4.78 is 25.3. The Bertz CT molecular complexity index is 1380. The lowest BCUT2D eigenvalue weighted by Crippen LogP contribution is -2.42. The molecule has 3 aliphatic rings. The molecule has 1 unspecified atom stereocenters. The highest BCUT2D eigenvalue weighted by Crippen LogP contribution is 2.53. The zero-order valence-corrected chi connectivity index (χ0v) is 21.0. The second kappa shape index (κ2) is 9.09. The summed E-state index contributed by atoms with van der Waals surface area (Å²) in [6.07, 6.45) is 5.61. The van der Waals surface area contributed by atoms with Crippen molar-refractivity contribution in [1.82, 2.24) is 25.2 Å². The number of rotatable bonds is 8. The van der Waals surface area contributed by atoms with Crippen LogP contribution in [0.4, 0.5) is 4.39 Å². The minimum absolute atomic E-state index is 0.0322. The fourth-order valence-corrected chi connectivity index (χ4v) is 5.38. The van der Waals surface area contributed by atoms with Crippen molar-refractivity contribution in [2.45, 2.75) is 38.6 Å². The molecule has 0 bridgehead atoms. The first-order chi connectivity index (χ1) is 17.9. The predicted molar refractivity (Wildman–Crippen MR) is 134 cm³/mol. The second-order valence-electron chi connectivity index (χ2n) is 10.6. The first-order valence-corrected chi connectivity index (χ1v) is 12.7. The molecule has 1 spiro atoms. The molecular formula is C27H30FN5O4. The molecule has 2 saturated carbocycles. The average Bonchev–Trinajstić information content (AvgIpc) is 3.78. The van der Waals surface area contributed by atoms with Gasteiger partial charge in [0.1, 0.15) is 35.7 Å². The monoisotopic (exact) mass is 507 g/mol. The van der Waals surface area contributed by atoms with Crippen LogP contribution in [0.25, 0.3) is 22.3 Å². The molecule has 3 aromatic rings. The number of hydrogen-bond donors (Lipinski definition) is 2. The van der Waals surface area contributed by atoms with E-state index >= 15 is 0 Å². The summed E-state index contributed by atoms with van der Waals surface area (Å²) in [6, 6.07) is 4.26. The second-order valence-corrected chi connectivity index (χ2v) is 10.6. The van der Waals surface area contributed by atoms with Crippen molar-refractivity contribution in [1.29, 1.82) is 0 Å². The normalized spacial score (nSPS) is 20.0. The highest BCUT2D eigenvalue weighted by Gasteiger charge is 2.56. The van der Waals surface area contributed by atoms with Gasteiger partial charge in [0, 0.05) is 36.9 Å². The summed E-state index contributed by atoms with van der Waals surface area (Å²) in [4.78, 5) is 39.8. The molecule has 3 fully saturated rings. The number of hydrogen-bond acceptors (Lipinski definition) is 6. The van der Waals surface area contributed by atoms with E-state index in [1.54, 1.807) is 11.0 Å². The third-order valence-electron chi connectivity index (χ3n) is 7.83. The summed E-state index contributed by atoms with van der Waals surface area (Å²) in [5.41, 5.74) is 3.00. The number of carbonyl (C=O) groups is 2. The van der Waals surface area contributed by atoms with E-state index in [1.165, 1.54) is 25.6 Å².